The Morgan fingerprint density at radius 3 is 3.00 bits per heavy atom. The second-order valence-electron chi connectivity index (χ2n) is 3.16. The zero-order valence-corrected chi connectivity index (χ0v) is 10.4. The van der Waals surface area contributed by atoms with E-state index in [0.717, 1.165) is 10.0 Å². The monoisotopic (exact) mass is 267 g/mol. The van der Waals surface area contributed by atoms with Crippen molar-refractivity contribution < 1.29 is 9.90 Å². The molecule has 2 aromatic rings. The molecule has 5 nitrogen and oxygen atoms in total. The van der Waals surface area contributed by atoms with E-state index in [1.165, 1.54) is 23.1 Å². The Hall–Kier alpha value is -1.47. The Bertz CT molecular complexity index is 501. The van der Waals surface area contributed by atoms with Crippen molar-refractivity contribution in [2.45, 2.75) is 16.5 Å². The van der Waals surface area contributed by atoms with Gasteiger partial charge in [0.05, 0.1) is 17.8 Å². The molecule has 2 rings (SSSR count). The summed E-state index contributed by atoms with van der Waals surface area (Å²) in [4.78, 5) is 22.8. The minimum absolute atomic E-state index is 0.0256. The maximum absolute atomic E-state index is 10.5. The van der Waals surface area contributed by atoms with Crippen LogP contribution < -0.4 is 0 Å². The number of aromatic nitrogens is 3. The number of hydrogen-bond donors (Lipinski definition) is 1. The number of hydrogen-bond acceptors (Lipinski definition) is 6. The van der Waals surface area contributed by atoms with E-state index in [0.29, 0.717) is 11.4 Å². The van der Waals surface area contributed by atoms with E-state index in [1.54, 1.807) is 24.0 Å². The first-order valence-electron chi connectivity index (χ1n) is 4.78. The van der Waals surface area contributed by atoms with Crippen molar-refractivity contribution >= 4 is 29.1 Å². The summed E-state index contributed by atoms with van der Waals surface area (Å²) in [5.74, 6) is -0.172. The Kier molecular flexibility index (Phi) is 4.05. The fraction of sp³-hybridized carbons (Fsp3) is 0.200. The molecule has 0 aromatic carbocycles. The molecule has 0 amide bonds. The molecule has 2 aromatic heterocycles. The van der Waals surface area contributed by atoms with E-state index in [1.807, 2.05) is 0 Å². The SMILES string of the molecule is O=C(O)Cc1csc(SCc2cnccn2)n1. The second-order valence-corrected chi connectivity index (χ2v) is 5.24. The fourth-order valence-corrected chi connectivity index (χ4v) is 2.87. The summed E-state index contributed by atoms with van der Waals surface area (Å²) >= 11 is 2.98. The minimum atomic E-state index is -0.860. The van der Waals surface area contributed by atoms with Crippen molar-refractivity contribution in [3.05, 3.63) is 35.4 Å². The lowest BCUT2D eigenvalue weighted by Crippen LogP contribution is -1.99. The molecule has 17 heavy (non-hydrogen) atoms. The van der Waals surface area contributed by atoms with Gasteiger partial charge in [0.2, 0.25) is 0 Å². The summed E-state index contributed by atoms with van der Waals surface area (Å²) < 4.78 is 0.854. The van der Waals surface area contributed by atoms with Crippen molar-refractivity contribution in [1.82, 2.24) is 15.0 Å². The quantitative estimate of drug-likeness (QED) is 0.833. The lowest BCUT2D eigenvalue weighted by Gasteiger charge is -1.96. The molecule has 1 N–H and O–H groups in total. The van der Waals surface area contributed by atoms with Crippen LogP contribution in [0.4, 0.5) is 0 Å². The largest absolute Gasteiger partial charge is 0.481 e. The maximum Gasteiger partial charge on any atom is 0.309 e. The molecular weight excluding hydrogens is 258 g/mol. The van der Waals surface area contributed by atoms with E-state index >= 15 is 0 Å². The first-order valence-corrected chi connectivity index (χ1v) is 6.64. The molecule has 0 saturated heterocycles. The average molecular weight is 267 g/mol. The summed E-state index contributed by atoms with van der Waals surface area (Å²) in [6.07, 6.45) is 4.96. The van der Waals surface area contributed by atoms with Crippen molar-refractivity contribution in [3.63, 3.8) is 0 Å². The second kappa shape index (κ2) is 5.74. The highest BCUT2D eigenvalue weighted by Crippen LogP contribution is 2.25. The Morgan fingerprint density at radius 1 is 1.41 bits per heavy atom. The van der Waals surface area contributed by atoms with Gasteiger partial charge in [-0.3, -0.25) is 14.8 Å². The van der Waals surface area contributed by atoms with Crippen LogP contribution >= 0.6 is 23.1 Å². The van der Waals surface area contributed by atoms with Gasteiger partial charge in [-0.05, 0) is 0 Å². The van der Waals surface area contributed by atoms with Gasteiger partial charge in [-0.25, -0.2) is 4.98 Å². The predicted molar refractivity (Wildman–Crippen MR) is 65.0 cm³/mol. The molecule has 0 saturated carbocycles. The predicted octanol–water partition coefficient (Wildman–Crippen LogP) is 1.85. The zero-order chi connectivity index (χ0) is 12.1. The molecule has 0 unspecified atom stereocenters. The van der Waals surface area contributed by atoms with E-state index in [4.69, 9.17) is 5.11 Å². The van der Waals surface area contributed by atoms with Crippen LogP contribution in [-0.2, 0) is 17.0 Å². The first kappa shape index (κ1) is 12.0. The molecule has 0 fully saturated rings. The summed E-state index contributed by atoms with van der Waals surface area (Å²) in [5, 5.41) is 10.4. The van der Waals surface area contributed by atoms with Crippen LogP contribution in [0, 0.1) is 0 Å². The minimum Gasteiger partial charge on any atom is -0.481 e. The third kappa shape index (κ3) is 3.79. The summed E-state index contributed by atoms with van der Waals surface area (Å²) in [6, 6.07) is 0. The molecule has 0 aliphatic heterocycles. The summed E-state index contributed by atoms with van der Waals surface area (Å²) in [7, 11) is 0. The fourth-order valence-electron chi connectivity index (χ4n) is 1.13. The molecule has 0 spiro atoms. The maximum atomic E-state index is 10.5. The first-order chi connectivity index (χ1) is 8.24. The van der Waals surface area contributed by atoms with Crippen LogP contribution in [0.5, 0.6) is 0 Å². The van der Waals surface area contributed by atoms with Crippen LogP contribution in [0.25, 0.3) is 0 Å². The molecular formula is C10H9N3O2S2. The van der Waals surface area contributed by atoms with Gasteiger partial charge in [-0.1, -0.05) is 11.8 Å². The smallest absolute Gasteiger partial charge is 0.309 e. The van der Waals surface area contributed by atoms with Gasteiger partial charge in [0.1, 0.15) is 0 Å². The Labute approximate surface area is 106 Å². The lowest BCUT2D eigenvalue weighted by molar-refractivity contribution is -0.136. The van der Waals surface area contributed by atoms with Crippen molar-refractivity contribution in [1.29, 1.82) is 0 Å². The number of carboxylic acids is 1. The van der Waals surface area contributed by atoms with Gasteiger partial charge < -0.3 is 5.11 Å². The zero-order valence-electron chi connectivity index (χ0n) is 8.74. The highest BCUT2D eigenvalue weighted by molar-refractivity contribution is 8.00. The van der Waals surface area contributed by atoms with Crippen LogP contribution in [0.2, 0.25) is 0 Å². The number of thiazole rings is 1. The van der Waals surface area contributed by atoms with Gasteiger partial charge in [-0.2, -0.15) is 0 Å². The highest BCUT2D eigenvalue weighted by Gasteiger charge is 2.06. The van der Waals surface area contributed by atoms with Crippen molar-refractivity contribution in [2.75, 3.05) is 0 Å². The van der Waals surface area contributed by atoms with Gasteiger partial charge in [0.15, 0.2) is 4.34 Å². The molecule has 7 heteroatoms. The Balaban J connectivity index is 1.91. The number of thioether (sulfide) groups is 1. The van der Waals surface area contributed by atoms with Crippen LogP contribution in [0.15, 0.2) is 28.3 Å². The lowest BCUT2D eigenvalue weighted by atomic mass is 10.3. The normalized spacial score (nSPS) is 10.4. The van der Waals surface area contributed by atoms with E-state index in [9.17, 15) is 4.79 Å². The van der Waals surface area contributed by atoms with Gasteiger partial charge in [0.25, 0.3) is 0 Å². The molecule has 0 aliphatic carbocycles. The Morgan fingerprint density at radius 2 is 2.29 bits per heavy atom. The van der Waals surface area contributed by atoms with Crippen molar-refractivity contribution in [3.8, 4) is 0 Å². The summed E-state index contributed by atoms with van der Waals surface area (Å²) in [6.45, 7) is 0. The van der Waals surface area contributed by atoms with E-state index in [2.05, 4.69) is 15.0 Å². The van der Waals surface area contributed by atoms with E-state index in [-0.39, 0.29) is 6.42 Å². The van der Waals surface area contributed by atoms with Crippen LogP contribution in [-0.4, -0.2) is 26.0 Å². The van der Waals surface area contributed by atoms with E-state index < -0.39 is 5.97 Å². The topological polar surface area (TPSA) is 76.0 Å². The van der Waals surface area contributed by atoms with Crippen molar-refractivity contribution in [2.24, 2.45) is 0 Å². The van der Waals surface area contributed by atoms with Crippen LogP contribution in [0.1, 0.15) is 11.4 Å². The molecule has 0 atom stereocenters. The third-order valence-corrected chi connectivity index (χ3v) is 3.93. The van der Waals surface area contributed by atoms with Gasteiger partial charge in [-0.15, -0.1) is 11.3 Å². The number of carbonyl (C=O) groups is 1. The average Bonchev–Trinajstić information content (AvgIpc) is 2.75. The number of aliphatic carboxylic acids is 1. The number of nitrogens with zero attached hydrogens (tertiary/aromatic N) is 3. The van der Waals surface area contributed by atoms with Gasteiger partial charge in [0, 0.05) is 29.7 Å². The van der Waals surface area contributed by atoms with Gasteiger partial charge >= 0.3 is 5.97 Å². The molecule has 2 heterocycles. The third-order valence-electron chi connectivity index (χ3n) is 1.82. The molecule has 0 aliphatic rings. The number of carboxylic acid groups (broad SMARTS) is 1. The molecule has 0 bridgehead atoms. The van der Waals surface area contributed by atoms with Crippen LogP contribution in [0.3, 0.4) is 0 Å². The highest BCUT2D eigenvalue weighted by atomic mass is 32.2. The standard InChI is InChI=1S/C10H9N3O2S2/c14-9(15)3-7-5-16-10(13-7)17-6-8-4-11-1-2-12-8/h1-2,4-5H,3,6H2,(H,14,15). The summed E-state index contributed by atoms with van der Waals surface area (Å²) in [5.41, 5.74) is 1.48. The molecule has 88 valence electrons. The molecule has 0 radical (unpaired) electrons. The number of rotatable bonds is 5.